The lowest BCUT2D eigenvalue weighted by atomic mass is 10.2. The molecule has 0 saturated carbocycles. The van der Waals surface area contributed by atoms with E-state index < -0.39 is 0 Å². The van der Waals surface area contributed by atoms with Crippen LogP contribution in [0, 0.1) is 0 Å². The summed E-state index contributed by atoms with van der Waals surface area (Å²) < 4.78 is 2.08. The highest BCUT2D eigenvalue weighted by atomic mass is 35.5. The number of aryl methyl sites for hydroxylation is 1. The van der Waals surface area contributed by atoms with Gasteiger partial charge in [-0.25, -0.2) is 4.98 Å². The second kappa shape index (κ2) is 4.68. The summed E-state index contributed by atoms with van der Waals surface area (Å²) in [5.41, 5.74) is 9.88. The van der Waals surface area contributed by atoms with Gasteiger partial charge in [-0.05, 0) is 42.0 Å². The van der Waals surface area contributed by atoms with E-state index in [0.717, 1.165) is 33.0 Å². The highest BCUT2D eigenvalue weighted by Gasteiger charge is 2.09. The summed E-state index contributed by atoms with van der Waals surface area (Å²) in [5.74, 6) is 0.931. The second-order valence-corrected chi connectivity index (χ2v) is 4.96. The first kappa shape index (κ1) is 12.2. The van der Waals surface area contributed by atoms with E-state index in [9.17, 15) is 0 Å². The van der Waals surface area contributed by atoms with Crippen LogP contribution in [0.1, 0.15) is 5.56 Å². The largest absolute Gasteiger partial charge is 0.327 e. The second-order valence-electron chi connectivity index (χ2n) is 4.53. The minimum Gasteiger partial charge on any atom is -0.327 e. The molecule has 0 spiro atoms. The molecule has 0 fully saturated rings. The van der Waals surface area contributed by atoms with E-state index in [4.69, 9.17) is 17.3 Å². The lowest BCUT2D eigenvalue weighted by molar-refractivity contribution is 0.959. The van der Waals surface area contributed by atoms with Crippen molar-refractivity contribution in [2.45, 2.75) is 6.54 Å². The van der Waals surface area contributed by atoms with Crippen molar-refractivity contribution in [3.63, 3.8) is 0 Å². The van der Waals surface area contributed by atoms with Crippen molar-refractivity contribution < 1.29 is 0 Å². The van der Waals surface area contributed by atoms with Crippen molar-refractivity contribution in [1.82, 2.24) is 9.55 Å². The third-order valence-electron chi connectivity index (χ3n) is 3.28. The van der Waals surface area contributed by atoms with Gasteiger partial charge in [-0.15, -0.1) is 0 Å². The molecule has 2 N–H and O–H groups in total. The molecule has 96 valence electrons. The van der Waals surface area contributed by atoms with Gasteiger partial charge in [0.25, 0.3) is 0 Å². The van der Waals surface area contributed by atoms with Crippen molar-refractivity contribution in [1.29, 1.82) is 0 Å². The fourth-order valence-corrected chi connectivity index (χ4v) is 2.36. The Balaban J connectivity index is 2.19. The zero-order chi connectivity index (χ0) is 13.4. The van der Waals surface area contributed by atoms with Gasteiger partial charge >= 0.3 is 0 Å². The first-order valence-corrected chi connectivity index (χ1v) is 6.48. The molecule has 0 radical (unpaired) electrons. The van der Waals surface area contributed by atoms with Crippen LogP contribution in [0.2, 0.25) is 5.02 Å². The van der Waals surface area contributed by atoms with Crippen molar-refractivity contribution in [2.75, 3.05) is 0 Å². The maximum Gasteiger partial charge on any atom is 0.140 e. The minimum absolute atomic E-state index is 0.531. The molecule has 3 rings (SSSR count). The number of nitrogens with zero attached hydrogens (tertiary/aromatic N) is 2. The topological polar surface area (TPSA) is 43.8 Å². The predicted molar refractivity (Wildman–Crippen MR) is 79.1 cm³/mol. The Bertz CT molecular complexity index is 729. The third kappa shape index (κ3) is 2.11. The van der Waals surface area contributed by atoms with Crippen LogP contribution in [-0.2, 0) is 13.6 Å². The van der Waals surface area contributed by atoms with Gasteiger partial charge in [0.15, 0.2) is 0 Å². The molecule has 3 nitrogen and oxygen atoms in total. The monoisotopic (exact) mass is 271 g/mol. The molecule has 0 aliphatic rings. The van der Waals surface area contributed by atoms with Crippen molar-refractivity contribution in [2.24, 2.45) is 12.8 Å². The Kier molecular flexibility index (Phi) is 3.01. The number of rotatable bonds is 2. The number of hydrogen-bond donors (Lipinski definition) is 1. The van der Waals surface area contributed by atoms with Gasteiger partial charge in [0.1, 0.15) is 5.82 Å². The zero-order valence-electron chi connectivity index (χ0n) is 10.6. The quantitative estimate of drug-likeness (QED) is 0.777. The van der Waals surface area contributed by atoms with E-state index in [2.05, 4.69) is 15.6 Å². The van der Waals surface area contributed by atoms with E-state index in [0.29, 0.717) is 6.54 Å². The molecule has 3 aromatic rings. The average Bonchev–Trinajstić information content (AvgIpc) is 2.76. The molecule has 0 saturated heterocycles. The number of benzene rings is 2. The Morgan fingerprint density at radius 3 is 2.58 bits per heavy atom. The maximum absolute atomic E-state index is 5.92. The van der Waals surface area contributed by atoms with E-state index in [1.807, 2.05) is 43.4 Å². The molecular weight excluding hydrogens is 258 g/mol. The van der Waals surface area contributed by atoms with Crippen molar-refractivity contribution in [3.05, 3.63) is 53.1 Å². The Hall–Kier alpha value is -1.84. The molecule has 1 heterocycles. The normalized spacial score (nSPS) is 11.1. The zero-order valence-corrected chi connectivity index (χ0v) is 11.4. The van der Waals surface area contributed by atoms with Gasteiger partial charge < -0.3 is 10.3 Å². The lowest BCUT2D eigenvalue weighted by Crippen LogP contribution is -1.95. The third-order valence-corrected chi connectivity index (χ3v) is 3.54. The number of halogens is 1. The molecule has 1 aromatic heterocycles. The number of aromatic nitrogens is 2. The Morgan fingerprint density at radius 1 is 1.16 bits per heavy atom. The molecule has 4 heteroatoms. The molecule has 0 bridgehead atoms. The van der Waals surface area contributed by atoms with Gasteiger partial charge in [0.2, 0.25) is 0 Å². The summed E-state index contributed by atoms with van der Waals surface area (Å²) in [5, 5.41) is 0.730. The van der Waals surface area contributed by atoms with Gasteiger partial charge in [-0.3, -0.25) is 0 Å². The standard InChI is InChI=1S/C15H14ClN3/c1-19-14-7-2-10(9-17)8-13(14)18-15(19)11-3-5-12(16)6-4-11/h2-8H,9,17H2,1H3. The molecule has 0 atom stereocenters. The fourth-order valence-electron chi connectivity index (χ4n) is 2.23. The minimum atomic E-state index is 0.531. The van der Waals surface area contributed by atoms with Crippen LogP contribution in [0.25, 0.3) is 22.4 Å². The summed E-state index contributed by atoms with van der Waals surface area (Å²) in [7, 11) is 2.02. The maximum atomic E-state index is 5.92. The number of nitrogens with two attached hydrogens (primary N) is 1. The van der Waals surface area contributed by atoms with Crippen molar-refractivity contribution in [3.8, 4) is 11.4 Å². The van der Waals surface area contributed by atoms with Crippen LogP contribution in [0.15, 0.2) is 42.5 Å². The molecular formula is C15H14ClN3. The highest BCUT2D eigenvalue weighted by molar-refractivity contribution is 6.30. The van der Waals surface area contributed by atoms with Gasteiger partial charge in [-0.2, -0.15) is 0 Å². The van der Waals surface area contributed by atoms with E-state index in [1.165, 1.54) is 0 Å². The molecule has 0 amide bonds. The number of hydrogen-bond acceptors (Lipinski definition) is 2. The van der Waals surface area contributed by atoms with Crippen LogP contribution in [0.5, 0.6) is 0 Å². The Morgan fingerprint density at radius 2 is 1.89 bits per heavy atom. The predicted octanol–water partition coefficient (Wildman–Crippen LogP) is 3.35. The first-order valence-electron chi connectivity index (χ1n) is 6.10. The molecule has 2 aromatic carbocycles. The number of imidazole rings is 1. The van der Waals surface area contributed by atoms with Crippen LogP contribution in [0.4, 0.5) is 0 Å². The molecule has 0 aliphatic heterocycles. The molecule has 0 aliphatic carbocycles. The lowest BCUT2D eigenvalue weighted by Gasteiger charge is -2.02. The summed E-state index contributed by atoms with van der Waals surface area (Å²) >= 11 is 5.92. The number of fused-ring (bicyclic) bond motifs is 1. The van der Waals surface area contributed by atoms with Crippen LogP contribution in [-0.4, -0.2) is 9.55 Å². The summed E-state index contributed by atoms with van der Waals surface area (Å²) in [6.45, 7) is 0.531. The van der Waals surface area contributed by atoms with Crippen molar-refractivity contribution >= 4 is 22.6 Å². The summed E-state index contributed by atoms with van der Waals surface area (Å²) in [4.78, 5) is 4.69. The van der Waals surface area contributed by atoms with Crippen LogP contribution < -0.4 is 5.73 Å². The molecule has 0 unspecified atom stereocenters. The van der Waals surface area contributed by atoms with Gasteiger partial charge in [-0.1, -0.05) is 17.7 Å². The fraction of sp³-hybridized carbons (Fsp3) is 0.133. The van der Waals surface area contributed by atoms with Crippen LogP contribution >= 0.6 is 11.6 Å². The average molecular weight is 272 g/mol. The Labute approximate surface area is 116 Å². The van der Waals surface area contributed by atoms with E-state index >= 15 is 0 Å². The van der Waals surface area contributed by atoms with E-state index in [-0.39, 0.29) is 0 Å². The highest BCUT2D eigenvalue weighted by Crippen LogP contribution is 2.25. The van der Waals surface area contributed by atoms with E-state index in [1.54, 1.807) is 0 Å². The van der Waals surface area contributed by atoms with Crippen LogP contribution in [0.3, 0.4) is 0 Å². The van der Waals surface area contributed by atoms with Gasteiger partial charge in [0.05, 0.1) is 11.0 Å². The summed E-state index contributed by atoms with van der Waals surface area (Å²) in [6.07, 6.45) is 0. The molecule has 19 heavy (non-hydrogen) atoms. The smallest absolute Gasteiger partial charge is 0.140 e. The summed E-state index contributed by atoms with van der Waals surface area (Å²) in [6, 6.07) is 13.8. The van der Waals surface area contributed by atoms with Gasteiger partial charge in [0, 0.05) is 24.2 Å². The first-order chi connectivity index (χ1) is 9.19. The SMILES string of the molecule is Cn1c(-c2ccc(Cl)cc2)nc2cc(CN)ccc21.